The number of hydrogen-bond acceptors (Lipinski definition) is 2. The van der Waals surface area contributed by atoms with Gasteiger partial charge in [-0.15, -0.1) is 0 Å². The van der Waals surface area contributed by atoms with E-state index in [1.54, 1.807) is 0 Å². The van der Waals surface area contributed by atoms with Crippen LogP contribution < -0.4 is 5.32 Å². The van der Waals surface area contributed by atoms with Crippen molar-refractivity contribution >= 4 is 5.91 Å². The van der Waals surface area contributed by atoms with E-state index in [1.807, 2.05) is 12.3 Å². The van der Waals surface area contributed by atoms with Crippen molar-refractivity contribution in [3.05, 3.63) is 24.0 Å². The summed E-state index contributed by atoms with van der Waals surface area (Å²) in [7, 11) is 0. The van der Waals surface area contributed by atoms with Gasteiger partial charge in [0.25, 0.3) is 0 Å². The molecule has 18 heavy (non-hydrogen) atoms. The smallest absolute Gasteiger partial charge is 0.226 e. The Balaban J connectivity index is 1.72. The van der Waals surface area contributed by atoms with Crippen molar-refractivity contribution < 1.29 is 4.79 Å². The summed E-state index contributed by atoms with van der Waals surface area (Å²) in [5, 5.41) is 3.25. The molecule has 3 heterocycles. The SMILES string of the molecule is CC(C(=O)N1CCCC1c1ccc[nH]1)C1CNC1. The van der Waals surface area contributed by atoms with Gasteiger partial charge in [-0.25, -0.2) is 0 Å². The standard InChI is InChI=1S/C14H21N3O/c1-10(11-8-15-9-11)14(18)17-7-3-5-13(17)12-4-2-6-16-12/h2,4,6,10-11,13,15-16H,3,5,7-9H2,1H3. The van der Waals surface area contributed by atoms with Gasteiger partial charge in [-0.3, -0.25) is 4.79 Å². The normalized spacial score (nSPS) is 26.1. The van der Waals surface area contributed by atoms with E-state index in [4.69, 9.17) is 0 Å². The Bertz CT molecular complexity index is 411. The highest BCUT2D eigenvalue weighted by molar-refractivity contribution is 5.79. The summed E-state index contributed by atoms with van der Waals surface area (Å²) >= 11 is 0. The number of hydrogen-bond donors (Lipinski definition) is 2. The minimum Gasteiger partial charge on any atom is -0.363 e. The molecule has 2 aliphatic heterocycles. The minimum atomic E-state index is 0.154. The van der Waals surface area contributed by atoms with Gasteiger partial charge in [-0.2, -0.15) is 0 Å². The van der Waals surface area contributed by atoms with Crippen LogP contribution in [0.3, 0.4) is 0 Å². The second kappa shape index (κ2) is 4.76. The maximum absolute atomic E-state index is 12.6. The van der Waals surface area contributed by atoms with Gasteiger partial charge >= 0.3 is 0 Å². The Morgan fingerprint density at radius 1 is 1.50 bits per heavy atom. The molecule has 0 bridgehead atoms. The second-order valence-electron chi connectivity index (χ2n) is 5.52. The van der Waals surface area contributed by atoms with Crippen LogP contribution in [0.2, 0.25) is 0 Å². The first-order valence-electron chi connectivity index (χ1n) is 6.92. The monoisotopic (exact) mass is 247 g/mol. The lowest BCUT2D eigenvalue weighted by molar-refractivity contribution is -0.138. The van der Waals surface area contributed by atoms with Crippen molar-refractivity contribution in [2.45, 2.75) is 25.8 Å². The van der Waals surface area contributed by atoms with E-state index in [2.05, 4.69) is 28.2 Å². The van der Waals surface area contributed by atoms with Crippen molar-refractivity contribution in [2.24, 2.45) is 11.8 Å². The van der Waals surface area contributed by atoms with Crippen LogP contribution in [-0.2, 0) is 4.79 Å². The van der Waals surface area contributed by atoms with Crippen LogP contribution in [0.25, 0.3) is 0 Å². The molecule has 0 spiro atoms. The number of carbonyl (C=O) groups is 1. The van der Waals surface area contributed by atoms with Crippen LogP contribution in [-0.4, -0.2) is 35.4 Å². The number of carbonyl (C=O) groups excluding carboxylic acids is 1. The number of nitrogens with one attached hydrogen (secondary N) is 2. The van der Waals surface area contributed by atoms with Crippen molar-refractivity contribution in [3.63, 3.8) is 0 Å². The molecular formula is C14H21N3O. The van der Waals surface area contributed by atoms with Gasteiger partial charge in [0.15, 0.2) is 0 Å². The highest BCUT2D eigenvalue weighted by Gasteiger charge is 2.37. The summed E-state index contributed by atoms with van der Waals surface area (Å²) in [5.41, 5.74) is 1.18. The Labute approximate surface area is 108 Å². The van der Waals surface area contributed by atoms with Crippen molar-refractivity contribution in [1.29, 1.82) is 0 Å². The largest absolute Gasteiger partial charge is 0.363 e. The molecule has 1 aromatic rings. The van der Waals surface area contributed by atoms with Gasteiger partial charge in [-0.05, 0) is 44.0 Å². The molecule has 0 aliphatic carbocycles. The van der Waals surface area contributed by atoms with Gasteiger partial charge in [0.1, 0.15) is 0 Å². The van der Waals surface area contributed by atoms with Gasteiger partial charge in [0.05, 0.1) is 6.04 Å². The van der Waals surface area contributed by atoms with Gasteiger partial charge < -0.3 is 15.2 Å². The molecule has 4 heteroatoms. The molecule has 2 N–H and O–H groups in total. The summed E-state index contributed by atoms with van der Waals surface area (Å²) < 4.78 is 0. The molecule has 2 atom stereocenters. The molecule has 2 aliphatic rings. The zero-order valence-electron chi connectivity index (χ0n) is 10.9. The number of aromatic amines is 1. The van der Waals surface area contributed by atoms with E-state index < -0.39 is 0 Å². The van der Waals surface area contributed by atoms with Crippen LogP contribution in [0.15, 0.2) is 18.3 Å². The quantitative estimate of drug-likeness (QED) is 0.851. The van der Waals surface area contributed by atoms with Crippen molar-refractivity contribution in [2.75, 3.05) is 19.6 Å². The topological polar surface area (TPSA) is 48.1 Å². The van der Waals surface area contributed by atoms with Crippen LogP contribution in [0, 0.1) is 11.8 Å². The lowest BCUT2D eigenvalue weighted by Gasteiger charge is -2.35. The van der Waals surface area contributed by atoms with E-state index in [1.165, 1.54) is 5.69 Å². The number of aromatic nitrogens is 1. The predicted octanol–water partition coefficient (Wildman–Crippen LogP) is 1.53. The van der Waals surface area contributed by atoms with Crippen LogP contribution >= 0.6 is 0 Å². The fourth-order valence-corrected chi connectivity index (χ4v) is 3.03. The van der Waals surface area contributed by atoms with Gasteiger partial charge in [0, 0.05) is 24.4 Å². The molecule has 4 nitrogen and oxygen atoms in total. The average Bonchev–Trinajstić information content (AvgIpc) is 2.95. The highest BCUT2D eigenvalue weighted by Crippen LogP contribution is 2.33. The Morgan fingerprint density at radius 3 is 2.94 bits per heavy atom. The van der Waals surface area contributed by atoms with Gasteiger partial charge in [-0.1, -0.05) is 6.92 Å². The molecular weight excluding hydrogens is 226 g/mol. The second-order valence-corrected chi connectivity index (χ2v) is 5.52. The highest BCUT2D eigenvalue weighted by atomic mass is 16.2. The van der Waals surface area contributed by atoms with E-state index in [-0.39, 0.29) is 12.0 Å². The zero-order chi connectivity index (χ0) is 12.5. The maximum Gasteiger partial charge on any atom is 0.226 e. The fourth-order valence-electron chi connectivity index (χ4n) is 3.03. The molecule has 2 fully saturated rings. The number of likely N-dealkylation sites (tertiary alicyclic amines) is 1. The van der Waals surface area contributed by atoms with Gasteiger partial charge in [0.2, 0.25) is 5.91 Å². The summed E-state index contributed by atoms with van der Waals surface area (Å²) in [6.45, 7) is 4.98. The number of nitrogens with zero attached hydrogens (tertiary/aromatic N) is 1. The molecule has 98 valence electrons. The van der Waals surface area contributed by atoms with E-state index in [9.17, 15) is 4.79 Å². The predicted molar refractivity (Wildman–Crippen MR) is 70.0 cm³/mol. The lowest BCUT2D eigenvalue weighted by atomic mass is 9.87. The number of amides is 1. The van der Waals surface area contributed by atoms with Crippen LogP contribution in [0.4, 0.5) is 0 Å². The van der Waals surface area contributed by atoms with Crippen molar-refractivity contribution in [1.82, 2.24) is 15.2 Å². The molecule has 0 radical (unpaired) electrons. The third-order valence-corrected chi connectivity index (χ3v) is 4.43. The maximum atomic E-state index is 12.6. The van der Waals surface area contributed by atoms with E-state index >= 15 is 0 Å². The van der Waals surface area contributed by atoms with E-state index in [0.29, 0.717) is 11.8 Å². The summed E-state index contributed by atoms with van der Waals surface area (Å²) in [6, 6.07) is 4.37. The Morgan fingerprint density at radius 2 is 2.33 bits per heavy atom. The first-order chi connectivity index (χ1) is 8.77. The molecule has 3 rings (SSSR count). The summed E-state index contributed by atoms with van der Waals surface area (Å²) in [6.07, 6.45) is 4.14. The first-order valence-corrected chi connectivity index (χ1v) is 6.92. The summed E-state index contributed by atoms with van der Waals surface area (Å²) in [4.78, 5) is 17.9. The average molecular weight is 247 g/mol. The molecule has 2 saturated heterocycles. The minimum absolute atomic E-state index is 0.154. The first kappa shape index (κ1) is 11.8. The third-order valence-electron chi connectivity index (χ3n) is 4.43. The van der Waals surface area contributed by atoms with Crippen LogP contribution in [0.1, 0.15) is 31.5 Å². The number of rotatable bonds is 3. The van der Waals surface area contributed by atoms with Crippen molar-refractivity contribution in [3.8, 4) is 0 Å². The molecule has 0 aromatic carbocycles. The Hall–Kier alpha value is -1.29. The molecule has 0 saturated carbocycles. The van der Waals surface area contributed by atoms with E-state index in [0.717, 1.165) is 32.5 Å². The Kier molecular flexibility index (Phi) is 3.12. The van der Waals surface area contributed by atoms with Crippen LogP contribution in [0.5, 0.6) is 0 Å². The lowest BCUT2D eigenvalue weighted by Crippen LogP contribution is -2.50. The third kappa shape index (κ3) is 1.94. The number of H-pyrrole nitrogens is 1. The zero-order valence-corrected chi connectivity index (χ0v) is 10.9. The molecule has 2 unspecified atom stereocenters. The summed E-state index contributed by atoms with van der Waals surface area (Å²) in [5.74, 6) is 1.02. The fraction of sp³-hybridized carbons (Fsp3) is 0.643. The molecule has 1 amide bonds. The molecule has 1 aromatic heterocycles.